The van der Waals surface area contributed by atoms with E-state index in [1.807, 2.05) is 19.9 Å². The van der Waals surface area contributed by atoms with Crippen LogP contribution < -0.4 is 4.74 Å². The second-order valence-electron chi connectivity index (χ2n) is 5.07. The molecule has 0 spiro atoms. The van der Waals surface area contributed by atoms with Crippen LogP contribution in [0.3, 0.4) is 0 Å². The summed E-state index contributed by atoms with van der Waals surface area (Å²) in [5, 5.41) is 0. The first-order chi connectivity index (χ1) is 8.57. The predicted molar refractivity (Wildman–Crippen MR) is 70.1 cm³/mol. The molecule has 18 heavy (non-hydrogen) atoms. The molecule has 0 saturated carbocycles. The van der Waals surface area contributed by atoms with Gasteiger partial charge in [-0.15, -0.1) is 0 Å². The third-order valence-corrected chi connectivity index (χ3v) is 3.43. The molecule has 0 radical (unpaired) electrons. The molecule has 0 atom stereocenters. The van der Waals surface area contributed by atoms with E-state index in [2.05, 4.69) is 12.1 Å². The van der Waals surface area contributed by atoms with Crippen molar-refractivity contribution in [2.24, 2.45) is 0 Å². The van der Waals surface area contributed by atoms with Crippen molar-refractivity contribution in [3.8, 4) is 5.75 Å². The van der Waals surface area contributed by atoms with Crippen LogP contribution in [-0.4, -0.2) is 25.6 Å². The van der Waals surface area contributed by atoms with Gasteiger partial charge in [-0.3, -0.25) is 4.79 Å². The number of ketones is 1. The maximum atomic E-state index is 11.4. The fourth-order valence-corrected chi connectivity index (χ4v) is 2.49. The molecule has 2 rings (SSSR count). The van der Waals surface area contributed by atoms with Gasteiger partial charge in [0, 0.05) is 11.8 Å². The number of hydrogen-bond donors (Lipinski definition) is 0. The third-order valence-electron chi connectivity index (χ3n) is 3.43. The average molecular weight is 248 g/mol. The minimum absolute atomic E-state index is 0.110. The molecular formula is C15H20O3. The first-order valence-electron chi connectivity index (χ1n) is 6.38. The van der Waals surface area contributed by atoms with Crippen LogP contribution in [0.5, 0.6) is 5.75 Å². The van der Waals surface area contributed by atoms with E-state index < -0.39 is 0 Å². The van der Waals surface area contributed by atoms with Gasteiger partial charge in [0.2, 0.25) is 0 Å². The van der Waals surface area contributed by atoms with Gasteiger partial charge in [0.05, 0.1) is 19.8 Å². The minimum atomic E-state index is -0.110. The maximum Gasteiger partial charge on any atom is 0.130 e. The number of carbonyl (C=O) groups excluding carboxylic acids is 1. The molecule has 1 fully saturated rings. The van der Waals surface area contributed by atoms with Gasteiger partial charge in [0.15, 0.2) is 0 Å². The lowest BCUT2D eigenvalue weighted by Crippen LogP contribution is -2.48. The van der Waals surface area contributed by atoms with E-state index in [1.54, 1.807) is 6.92 Å². The summed E-state index contributed by atoms with van der Waals surface area (Å²) in [6.45, 7) is 7.60. The zero-order chi connectivity index (χ0) is 13.2. The summed E-state index contributed by atoms with van der Waals surface area (Å²) in [5.41, 5.74) is 2.19. The summed E-state index contributed by atoms with van der Waals surface area (Å²) in [6.07, 6.45) is 0.556. The fourth-order valence-electron chi connectivity index (χ4n) is 2.49. The number of aryl methyl sites for hydroxylation is 1. The molecule has 1 aromatic rings. The first-order valence-corrected chi connectivity index (χ1v) is 6.38. The average Bonchev–Trinajstić information content (AvgIpc) is 2.26. The Morgan fingerprint density at radius 1 is 1.44 bits per heavy atom. The molecule has 0 aliphatic carbocycles. The molecular weight excluding hydrogens is 228 g/mol. The van der Waals surface area contributed by atoms with Gasteiger partial charge in [0.1, 0.15) is 11.5 Å². The van der Waals surface area contributed by atoms with Crippen molar-refractivity contribution in [2.75, 3.05) is 19.8 Å². The zero-order valence-electron chi connectivity index (χ0n) is 11.3. The van der Waals surface area contributed by atoms with E-state index in [4.69, 9.17) is 9.47 Å². The number of benzene rings is 1. The van der Waals surface area contributed by atoms with Crippen LogP contribution in [0, 0.1) is 6.92 Å². The largest absolute Gasteiger partial charge is 0.494 e. The summed E-state index contributed by atoms with van der Waals surface area (Å²) in [5.74, 6) is 1.13. The van der Waals surface area contributed by atoms with E-state index in [0.717, 1.165) is 11.3 Å². The summed E-state index contributed by atoms with van der Waals surface area (Å²) in [7, 11) is 0. The minimum Gasteiger partial charge on any atom is -0.494 e. The van der Waals surface area contributed by atoms with Crippen LogP contribution >= 0.6 is 0 Å². The highest BCUT2D eigenvalue weighted by Gasteiger charge is 2.41. The quantitative estimate of drug-likeness (QED) is 0.803. The molecule has 1 aliphatic rings. The molecule has 1 saturated heterocycles. The second kappa shape index (κ2) is 5.11. The van der Waals surface area contributed by atoms with Crippen LogP contribution in [0.15, 0.2) is 18.2 Å². The Kier molecular flexibility index (Phi) is 3.71. The Balaban J connectivity index is 2.27. The monoisotopic (exact) mass is 248 g/mol. The topological polar surface area (TPSA) is 35.5 Å². The predicted octanol–water partition coefficient (Wildman–Crippen LogP) is 2.64. The lowest BCUT2D eigenvalue weighted by molar-refractivity contribution is -0.125. The smallest absolute Gasteiger partial charge is 0.130 e. The first kappa shape index (κ1) is 13.1. The lowest BCUT2D eigenvalue weighted by Gasteiger charge is -2.41. The number of hydrogen-bond acceptors (Lipinski definition) is 3. The summed E-state index contributed by atoms with van der Waals surface area (Å²) in [4.78, 5) is 11.4. The van der Waals surface area contributed by atoms with Crippen LogP contribution in [0.4, 0.5) is 0 Å². The Labute approximate surface area is 108 Å². The SMILES string of the molecule is CCOc1ccc(C2(CC(C)=O)COC2)cc1C. The van der Waals surface area contributed by atoms with Crippen molar-refractivity contribution in [1.82, 2.24) is 0 Å². The molecule has 0 bridgehead atoms. The van der Waals surface area contributed by atoms with Crippen LogP contribution in [0.25, 0.3) is 0 Å². The molecule has 0 aromatic heterocycles. The highest BCUT2D eigenvalue weighted by atomic mass is 16.5. The van der Waals surface area contributed by atoms with Crippen molar-refractivity contribution < 1.29 is 14.3 Å². The highest BCUT2D eigenvalue weighted by Crippen LogP contribution is 2.37. The molecule has 3 nitrogen and oxygen atoms in total. The summed E-state index contributed by atoms with van der Waals surface area (Å²) in [6, 6.07) is 6.17. The Bertz CT molecular complexity index is 447. The Hall–Kier alpha value is -1.35. The maximum absolute atomic E-state index is 11.4. The molecule has 3 heteroatoms. The number of ether oxygens (including phenoxy) is 2. The van der Waals surface area contributed by atoms with Crippen molar-refractivity contribution >= 4 is 5.78 Å². The van der Waals surface area contributed by atoms with Gasteiger partial charge in [-0.25, -0.2) is 0 Å². The van der Waals surface area contributed by atoms with E-state index in [1.165, 1.54) is 5.56 Å². The number of carbonyl (C=O) groups is 1. The van der Waals surface area contributed by atoms with E-state index in [0.29, 0.717) is 26.2 Å². The van der Waals surface area contributed by atoms with E-state index in [9.17, 15) is 4.79 Å². The van der Waals surface area contributed by atoms with Crippen molar-refractivity contribution in [3.63, 3.8) is 0 Å². The lowest BCUT2D eigenvalue weighted by atomic mass is 9.74. The Morgan fingerprint density at radius 3 is 2.61 bits per heavy atom. The van der Waals surface area contributed by atoms with Crippen LogP contribution in [-0.2, 0) is 14.9 Å². The molecule has 0 unspecified atom stereocenters. The number of rotatable bonds is 5. The molecule has 0 amide bonds. The molecule has 1 heterocycles. The van der Waals surface area contributed by atoms with Crippen LogP contribution in [0.1, 0.15) is 31.4 Å². The third kappa shape index (κ3) is 2.41. The van der Waals surface area contributed by atoms with Gasteiger partial charge in [0.25, 0.3) is 0 Å². The fraction of sp³-hybridized carbons (Fsp3) is 0.533. The molecule has 0 N–H and O–H groups in total. The number of Topliss-reactive ketones (excluding diaryl/α,β-unsaturated/α-hetero) is 1. The van der Waals surface area contributed by atoms with E-state index in [-0.39, 0.29) is 11.2 Å². The normalized spacial score (nSPS) is 17.1. The molecule has 1 aliphatic heterocycles. The molecule has 98 valence electrons. The Morgan fingerprint density at radius 2 is 2.17 bits per heavy atom. The summed E-state index contributed by atoms with van der Waals surface area (Å²) < 4.78 is 10.9. The van der Waals surface area contributed by atoms with Crippen molar-refractivity contribution in [1.29, 1.82) is 0 Å². The van der Waals surface area contributed by atoms with E-state index >= 15 is 0 Å². The van der Waals surface area contributed by atoms with Gasteiger partial charge in [-0.2, -0.15) is 0 Å². The zero-order valence-corrected chi connectivity index (χ0v) is 11.3. The second-order valence-corrected chi connectivity index (χ2v) is 5.07. The highest BCUT2D eigenvalue weighted by molar-refractivity contribution is 5.77. The van der Waals surface area contributed by atoms with Gasteiger partial charge >= 0.3 is 0 Å². The van der Waals surface area contributed by atoms with Crippen molar-refractivity contribution in [3.05, 3.63) is 29.3 Å². The standard InChI is InChI=1S/C15H20O3/c1-4-18-14-6-5-13(7-11(14)2)15(8-12(3)16)9-17-10-15/h5-7H,4,8-10H2,1-3H3. The summed E-state index contributed by atoms with van der Waals surface area (Å²) >= 11 is 0. The van der Waals surface area contributed by atoms with Crippen LogP contribution in [0.2, 0.25) is 0 Å². The van der Waals surface area contributed by atoms with Gasteiger partial charge in [-0.05, 0) is 38.0 Å². The molecule has 1 aromatic carbocycles. The van der Waals surface area contributed by atoms with Crippen molar-refractivity contribution in [2.45, 2.75) is 32.6 Å². The van der Waals surface area contributed by atoms with Gasteiger partial charge < -0.3 is 9.47 Å². The van der Waals surface area contributed by atoms with Gasteiger partial charge in [-0.1, -0.05) is 12.1 Å².